The lowest BCUT2D eigenvalue weighted by Crippen LogP contribution is -2.08. The van der Waals surface area contributed by atoms with Crippen molar-refractivity contribution in [1.82, 2.24) is 9.59 Å². The van der Waals surface area contributed by atoms with Crippen LogP contribution in [0.15, 0.2) is 30.5 Å². The van der Waals surface area contributed by atoms with Crippen molar-refractivity contribution in [2.45, 2.75) is 19.4 Å². The predicted molar refractivity (Wildman–Crippen MR) is 63.0 cm³/mol. The van der Waals surface area contributed by atoms with E-state index in [4.69, 9.17) is 0 Å². The lowest BCUT2D eigenvalue weighted by atomic mass is 10.0. The quantitative estimate of drug-likeness (QED) is 0.887. The Morgan fingerprint density at radius 3 is 3.00 bits per heavy atom. The van der Waals surface area contributed by atoms with Gasteiger partial charge in [-0.15, -0.1) is 5.10 Å². The van der Waals surface area contributed by atoms with E-state index in [0.717, 1.165) is 17.0 Å². The van der Waals surface area contributed by atoms with Crippen molar-refractivity contribution in [2.24, 2.45) is 0 Å². The largest absolute Gasteiger partial charge is 0.368 e. The Balaban J connectivity index is 2.16. The fraction of sp³-hybridized carbons (Fsp3) is 0.273. The summed E-state index contributed by atoms with van der Waals surface area (Å²) in [6, 6.07) is 6.73. The summed E-state index contributed by atoms with van der Waals surface area (Å²) in [5.41, 5.74) is 0.941. The molecule has 2 rings (SSSR count). The van der Waals surface area contributed by atoms with Crippen LogP contribution in [0.4, 0.5) is 9.39 Å². The van der Waals surface area contributed by atoms with Crippen LogP contribution in [0, 0.1) is 5.82 Å². The van der Waals surface area contributed by atoms with Crippen molar-refractivity contribution in [3.63, 3.8) is 0 Å². The molecular formula is C11H12FN3S. The summed E-state index contributed by atoms with van der Waals surface area (Å²) in [4.78, 5) is 0. The number of nitrogens with one attached hydrogen (secondary N) is 1. The molecule has 1 unspecified atom stereocenters. The predicted octanol–water partition coefficient (Wildman–Crippen LogP) is 3.24. The second kappa shape index (κ2) is 5.03. The topological polar surface area (TPSA) is 37.8 Å². The minimum absolute atomic E-state index is 0.0953. The van der Waals surface area contributed by atoms with Crippen molar-refractivity contribution in [1.29, 1.82) is 0 Å². The zero-order valence-electron chi connectivity index (χ0n) is 8.85. The molecule has 0 saturated carbocycles. The van der Waals surface area contributed by atoms with E-state index < -0.39 is 0 Å². The smallest absolute Gasteiger partial charge is 0.130 e. The molecule has 2 aromatic rings. The molecule has 1 N–H and O–H groups in total. The Morgan fingerprint density at radius 1 is 1.50 bits per heavy atom. The van der Waals surface area contributed by atoms with Gasteiger partial charge in [-0.25, -0.2) is 4.39 Å². The number of hydrogen-bond acceptors (Lipinski definition) is 4. The molecule has 0 bridgehead atoms. The third-order valence-electron chi connectivity index (χ3n) is 2.34. The maximum Gasteiger partial charge on any atom is 0.130 e. The molecule has 0 aliphatic carbocycles. The number of aromatic nitrogens is 2. The molecule has 0 spiro atoms. The van der Waals surface area contributed by atoms with Gasteiger partial charge in [0.25, 0.3) is 0 Å². The first-order chi connectivity index (χ1) is 7.79. The van der Waals surface area contributed by atoms with Gasteiger partial charge in [-0.05, 0) is 24.1 Å². The van der Waals surface area contributed by atoms with Crippen molar-refractivity contribution in [3.8, 4) is 0 Å². The normalized spacial score (nSPS) is 12.4. The van der Waals surface area contributed by atoms with Crippen LogP contribution in [0.1, 0.15) is 24.9 Å². The molecule has 1 atom stereocenters. The number of anilines is 1. The maximum absolute atomic E-state index is 13.1. The van der Waals surface area contributed by atoms with Crippen LogP contribution >= 0.6 is 11.5 Å². The van der Waals surface area contributed by atoms with Crippen molar-refractivity contribution >= 4 is 16.5 Å². The number of benzene rings is 1. The third-order valence-corrected chi connectivity index (χ3v) is 2.93. The van der Waals surface area contributed by atoms with Crippen LogP contribution < -0.4 is 5.32 Å². The van der Waals surface area contributed by atoms with Gasteiger partial charge in [0.2, 0.25) is 0 Å². The van der Waals surface area contributed by atoms with E-state index >= 15 is 0 Å². The Hall–Kier alpha value is -1.49. The highest BCUT2D eigenvalue weighted by atomic mass is 32.1. The fourth-order valence-corrected chi connectivity index (χ4v) is 2.02. The third kappa shape index (κ3) is 2.55. The van der Waals surface area contributed by atoms with Crippen molar-refractivity contribution in [3.05, 3.63) is 41.8 Å². The minimum Gasteiger partial charge on any atom is -0.368 e. The number of hydrogen-bond donors (Lipinski definition) is 1. The van der Waals surface area contributed by atoms with Gasteiger partial charge in [-0.1, -0.05) is 23.5 Å². The molecule has 1 aromatic carbocycles. The van der Waals surface area contributed by atoms with E-state index in [1.807, 2.05) is 6.07 Å². The second-order valence-electron chi connectivity index (χ2n) is 3.44. The molecule has 0 aliphatic rings. The minimum atomic E-state index is -0.208. The first kappa shape index (κ1) is 11.0. The molecule has 0 fully saturated rings. The average Bonchev–Trinajstić information content (AvgIpc) is 2.78. The number of halogens is 1. The van der Waals surface area contributed by atoms with Crippen LogP contribution in [0.5, 0.6) is 0 Å². The van der Waals surface area contributed by atoms with Gasteiger partial charge in [-0.3, -0.25) is 0 Å². The molecule has 1 aromatic heterocycles. The molecule has 1 heterocycles. The Kier molecular flexibility index (Phi) is 3.46. The molecule has 5 heteroatoms. The summed E-state index contributed by atoms with van der Waals surface area (Å²) in [5, 5.41) is 7.93. The van der Waals surface area contributed by atoms with Crippen molar-refractivity contribution in [2.75, 3.05) is 5.32 Å². The first-order valence-corrected chi connectivity index (χ1v) is 5.86. The monoisotopic (exact) mass is 237 g/mol. The van der Waals surface area contributed by atoms with Crippen LogP contribution in [0.2, 0.25) is 0 Å². The molecule has 0 saturated heterocycles. The van der Waals surface area contributed by atoms with Gasteiger partial charge < -0.3 is 5.32 Å². The molecule has 3 nitrogen and oxygen atoms in total. The summed E-state index contributed by atoms with van der Waals surface area (Å²) in [5.74, 6) is -0.208. The Bertz CT molecular complexity index is 444. The summed E-state index contributed by atoms with van der Waals surface area (Å²) in [6.07, 6.45) is 2.55. The van der Waals surface area contributed by atoms with E-state index in [1.165, 1.54) is 17.6 Å². The van der Waals surface area contributed by atoms with Crippen LogP contribution in [-0.4, -0.2) is 9.59 Å². The summed E-state index contributed by atoms with van der Waals surface area (Å²) >= 11 is 1.30. The van der Waals surface area contributed by atoms with Crippen LogP contribution in [0.3, 0.4) is 0 Å². The molecule has 16 heavy (non-hydrogen) atoms. The zero-order chi connectivity index (χ0) is 11.4. The maximum atomic E-state index is 13.1. The summed E-state index contributed by atoms with van der Waals surface area (Å²) in [6.45, 7) is 2.05. The Labute approximate surface area is 97.5 Å². The Morgan fingerprint density at radius 2 is 2.38 bits per heavy atom. The average molecular weight is 237 g/mol. The van der Waals surface area contributed by atoms with Gasteiger partial charge in [0, 0.05) is 11.5 Å². The van der Waals surface area contributed by atoms with Gasteiger partial charge in [0.05, 0.1) is 12.2 Å². The molecule has 84 valence electrons. The van der Waals surface area contributed by atoms with Crippen LogP contribution in [-0.2, 0) is 0 Å². The summed E-state index contributed by atoms with van der Waals surface area (Å²) in [7, 11) is 0. The van der Waals surface area contributed by atoms with Gasteiger partial charge >= 0.3 is 0 Å². The van der Waals surface area contributed by atoms with Crippen molar-refractivity contribution < 1.29 is 4.39 Å². The highest BCUT2D eigenvalue weighted by molar-refractivity contribution is 7.09. The molecular weight excluding hydrogens is 225 g/mol. The molecule has 0 radical (unpaired) electrons. The van der Waals surface area contributed by atoms with E-state index in [1.54, 1.807) is 18.3 Å². The highest BCUT2D eigenvalue weighted by Gasteiger charge is 2.10. The SMILES string of the molecule is CCC(Nc1cnns1)c1cccc(F)c1. The van der Waals surface area contributed by atoms with E-state index in [-0.39, 0.29) is 11.9 Å². The zero-order valence-corrected chi connectivity index (χ0v) is 9.67. The number of rotatable bonds is 4. The van der Waals surface area contributed by atoms with Gasteiger partial charge in [0.15, 0.2) is 0 Å². The fourth-order valence-electron chi connectivity index (χ4n) is 1.55. The lowest BCUT2D eigenvalue weighted by Gasteiger charge is -2.16. The van der Waals surface area contributed by atoms with E-state index in [2.05, 4.69) is 21.8 Å². The second-order valence-corrected chi connectivity index (χ2v) is 4.23. The van der Waals surface area contributed by atoms with Crippen LogP contribution in [0.25, 0.3) is 0 Å². The molecule has 0 aliphatic heterocycles. The molecule has 0 amide bonds. The van der Waals surface area contributed by atoms with Gasteiger partial charge in [0.1, 0.15) is 10.8 Å². The summed E-state index contributed by atoms with van der Waals surface area (Å²) < 4.78 is 16.9. The standard InChI is InChI=1S/C11H12FN3S/c1-2-10(14-11-7-13-15-16-11)8-4-3-5-9(12)6-8/h3-7,10,14H,2H2,1H3. The first-order valence-electron chi connectivity index (χ1n) is 5.09. The van der Waals surface area contributed by atoms with E-state index in [9.17, 15) is 4.39 Å². The van der Waals surface area contributed by atoms with Gasteiger partial charge in [-0.2, -0.15) is 0 Å². The lowest BCUT2D eigenvalue weighted by molar-refractivity contribution is 0.621. The number of nitrogens with zero attached hydrogens (tertiary/aromatic N) is 2. The van der Waals surface area contributed by atoms with E-state index in [0.29, 0.717) is 0 Å². The highest BCUT2D eigenvalue weighted by Crippen LogP contribution is 2.24.